The lowest BCUT2D eigenvalue weighted by Crippen LogP contribution is -2.55. The number of fused-ring (bicyclic) bond motifs is 2. The highest BCUT2D eigenvalue weighted by Crippen LogP contribution is 2.34. The lowest BCUT2D eigenvalue weighted by Gasteiger charge is -2.37. The summed E-state index contributed by atoms with van der Waals surface area (Å²) >= 11 is 0. The van der Waals surface area contributed by atoms with E-state index >= 15 is 0 Å². The van der Waals surface area contributed by atoms with Crippen LogP contribution in [-0.4, -0.2) is 12.4 Å². The molecule has 118 valence electrons. The zero-order valence-electron chi connectivity index (χ0n) is 12.7. The molecule has 0 aromatic heterocycles. The van der Waals surface area contributed by atoms with Crippen LogP contribution in [0.3, 0.4) is 0 Å². The largest absolute Gasteiger partial charge is 0.351 e. The minimum absolute atomic E-state index is 0.170. The monoisotopic (exact) mass is 309 g/mol. The van der Waals surface area contributed by atoms with E-state index in [9.17, 15) is 4.79 Å². The Morgan fingerprint density at radius 1 is 1.13 bits per heavy atom. The number of carbonyl (C=O) groups excluding carboxylic acids is 1. The van der Waals surface area contributed by atoms with Gasteiger partial charge >= 0.3 is 6.03 Å². The van der Waals surface area contributed by atoms with Crippen LogP contribution in [0.2, 0.25) is 0 Å². The first-order chi connectivity index (χ1) is 11.2. The summed E-state index contributed by atoms with van der Waals surface area (Å²) in [5.41, 5.74) is 10.0. The number of para-hydroxylation sites is 1. The lowest BCUT2D eigenvalue weighted by atomic mass is 10.1. The van der Waals surface area contributed by atoms with E-state index in [1.54, 1.807) is 0 Å². The summed E-state index contributed by atoms with van der Waals surface area (Å²) in [7, 11) is 0. The maximum atomic E-state index is 12.0. The highest BCUT2D eigenvalue weighted by atomic mass is 16.5. The Morgan fingerprint density at radius 2 is 1.87 bits per heavy atom. The van der Waals surface area contributed by atoms with Crippen LogP contribution in [-0.2, 0) is 17.8 Å². The molecule has 0 saturated heterocycles. The Labute approximate surface area is 135 Å². The van der Waals surface area contributed by atoms with Crippen LogP contribution >= 0.6 is 0 Å². The highest BCUT2D eigenvalue weighted by molar-refractivity contribution is 5.92. The van der Waals surface area contributed by atoms with Gasteiger partial charge in [0.15, 0.2) is 6.35 Å². The summed E-state index contributed by atoms with van der Waals surface area (Å²) in [5, 5.41) is 3.45. The fourth-order valence-electron chi connectivity index (χ4n) is 3.50. The Balaban J connectivity index is 1.61. The van der Waals surface area contributed by atoms with Gasteiger partial charge in [0.1, 0.15) is 0 Å². The number of rotatable bonds is 2. The van der Waals surface area contributed by atoms with Crippen molar-refractivity contribution >= 4 is 11.7 Å². The molecule has 5 nitrogen and oxygen atoms in total. The molecule has 1 aliphatic carbocycles. The van der Waals surface area contributed by atoms with Gasteiger partial charge < -0.3 is 10.5 Å². The molecule has 1 heterocycles. The topological polar surface area (TPSA) is 67.6 Å². The summed E-state index contributed by atoms with van der Waals surface area (Å²) in [6.45, 7) is 0.464. The first-order valence-electron chi connectivity index (χ1n) is 7.86. The molecule has 1 unspecified atom stereocenters. The van der Waals surface area contributed by atoms with E-state index in [1.807, 2.05) is 30.3 Å². The number of hydrogen-bond acceptors (Lipinski definition) is 3. The van der Waals surface area contributed by atoms with Gasteiger partial charge in [-0.05, 0) is 30.0 Å². The number of primary amides is 1. The lowest BCUT2D eigenvalue weighted by molar-refractivity contribution is 0.00413. The molecule has 5 heteroatoms. The van der Waals surface area contributed by atoms with Crippen molar-refractivity contribution in [3.05, 3.63) is 65.2 Å². The smallest absolute Gasteiger partial charge is 0.322 e. The molecule has 3 N–H and O–H groups in total. The van der Waals surface area contributed by atoms with E-state index in [0.717, 1.165) is 24.1 Å². The van der Waals surface area contributed by atoms with Gasteiger partial charge in [0, 0.05) is 11.6 Å². The van der Waals surface area contributed by atoms with Crippen molar-refractivity contribution in [1.29, 1.82) is 0 Å². The molecular weight excluding hydrogens is 290 g/mol. The van der Waals surface area contributed by atoms with E-state index in [0.29, 0.717) is 6.61 Å². The van der Waals surface area contributed by atoms with Crippen LogP contribution in [0.25, 0.3) is 0 Å². The van der Waals surface area contributed by atoms with Gasteiger partial charge in [0.2, 0.25) is 0 Å². The van der Waals surface area contributed by atoms with Crippen LogP contribution in [0, 0.1) is 0 Å². The normalized spacial score (nSPS) is 22.5. The van der Waals surface area contributed by atoms with Gasteiger partial charge in [-0.3, -0.25) is 10.2 Å². The van der Waals surface area contributed by atoms with Crippen molar-refractivity contribution < 1.29 is 9.53 Å². The van der Waals surface area contributed by atoms with Crippen molar-refractivity contribution in [2.75, 3.05) is 4.90 Å². The molecule has 2 aliphatic rings. The second-order valence-electron chi connectivity index (χ2n) is 5.96. The standard InChI is InChI=1S/C18H19N3O2/c19-17(22)21-16-8-4-2-6-13(16)11-23-18(21)20-15-10-9-12-5-1-3-7-14(12)15/h1-8,15,18,20H,9-11H2,(H2,19,22)/t15-,18?/m1/s1. The van der Waals surface area contributed by atoms with E-state index in [2.05, 4.69) is 23.5 Å². The van der Waals surface area contributed by atoms with Crippen molar-refractivity contribution in [3.63, 3.8) is 0 Å². The number of benzene rings is 2. The predicted octanol–water partition coefficient (Wildman–Crippen LogP) is 2.66. The molecule has 0 saturated carbocycles. The molecule has 4 rings (SSSR count). The average molecular weight is 309 g/mol. The quantitative estimate of drug-likeness (QED) is 0.896. The molecule has 23 heavy (non-hydrogen) atoms. The molecule has 0 spiro atoms. The van der Waals surface area contributed by atoms with Crippen molar-refractivity contribution in [2.24, 2.45) is 5.73 Å². The van der Waals surface area contributed by atoms with Gasteiger partial charge in [0.05, 0.1) is 12.3 Å². The van der Waals surface area contributed by atoms with Gasteiger partial charge in [-0.25, -0.2) is 4.79 Å². The SMILES string of the molecule is NC(=O)N1c2ccccc2COC1N[C@@H]1CCc2ccccc21. The summed E-state index contributed by atoms with van der Waals surface area (Å²) in [6, 6.07) is 15.7. The van der Waals surface area contributed by atoms with Crippen molar-refractivity contribution in [1.82, 2.24) is 5.32 Å². The number of anilines is 1. The molecule has 2 aromatic carbocycles. The molecule has 0 fully saturated rings. The minimum Gasteiger partial charge on any atom is -0.351 e. The number of amides is 2. The van der Waals surface area contributed by atoms with Crippen LogP contribution in [0.4, 0.5) is 10.5 Å². The first kappa shape index (κ1) is 14.2. The van der Waals surface area contributed by atoms with E-state index in [4.69, 9.17) is 10.5 Å². The molecule has 2 aromatic rings. The third-order valence-electron chi connectivity index (χ3n) is 4.60. The van der Waals surface area contributed by atoms with Gasteiger partial charge in [-0.15, -0.1) is 0 Å². The molecule has 0 radical (unpaired) electrons. The molecule has 1 aliphatic heterocycles. The summed E-state index contributed by atoms with van der Waals surface area (Å²) < 4.78 is 5.87. The average Bonchev–Trinajstić information content (AvgIpc) is 2.97. The van der Waals surface area contributed by atoms with E-state index in [1.165, 1.54) is 16.0 Å². The highest BCUT2D eigenvalue weighted by Gasteiger charge is 2.33. The van der Waals surface area contributed by atoms with Crippen LogP contribution in [0.5, 0.6) is 0 Å². The van der Waals surface area contributed by atoms with E-state index < -0.39 is 12.4 Å². The molecule has 0 bridgehead atoms. The fraction of sp³-hybridized carbons (Fsp3) is 0.278. The minimum atomic E-state index is -0.543. The number of carbonyl (C=O) groups is 1. The van der Waals surface area contributed by atoms with Crippen LogP contribution in [0.15, 0.2) is 48.5 Å². The maximum absolute atomic E-state index is 12.0. The molecular formula is C18H19N3O2. The Bertz CT molecular complexity index is 747. The number of nitrogens with two attached hydrogens (primary N) is 1. The Hall–Kier alpha value is -2.37. The number of nitrogens with zero attached hydrogens (tertiary/aromatic N) is 1. The van der Waals surface area contributed by atoms with Crippen molar-refractivity contribution in [3.8, 4) is 0 Å². The number of aryl methyl sites for hydroxylation is 1. The third-order valence-corrected chi connectivity index (χ3v) is 4.60. The zero-order chi connectivity index (χ0) is 15.8. The fourth-order valence-corrected chi connectivity index (χ4v) is 3.50. The zero-order valence-corrected chi connectivity index (χ0v) is 12.7. The number of nitrogens with one attached hydrogen (secondary N) is 1. The summed E-state index contributed by atoms with van der Waals surface area (Å²) in [6.07, 6.45) is 1.49. The Kier molecular flexibility index (Phi) is 3.52. The third kappa shape index (κ3) is 2.48. The molecule has 2 atom stereocenters. The summed E-state index contributed by atoms with van der Waals surface area (Å²) in [4.78, 5) is 13.5. The number of ether oxygens (including phenoxy) is 1. The van der Waals surface area contributed by atoms with Gasteiger partial charge in [-0.1, -0.05) is 42.5 Å². The number of urea groups is 1. The Morgan fingerprint density at radius 3 is 2.70 bits per heavy atom. The second kappa shape index (κ2) is 5.68. The first-order valence-corrected chi connectivity index (χ1v) is 7.86. The van der Waals surface area contributed by atoms with Gasteiger partial charge in [-0.2, -0.15) is 0 Å². The van der Waals surface area contributed by atoms with Crippen LogP contribution in [0.1, 0.15) is 29.2 Å². The van der Waals surface area contributed by atoms with Crippen LogP contribution < -0.4 is 16.0 Å². The number of hydrogen-bond donors (Lipinski definition) is 2. The predicted molar refractivity (Wildman–Crippen MR) is 87.7 cm³/mol. The van der Waals surface area contributed by atoms with Crippen molar-refractivity contribution in [2.45, 2.75) is 31.8 Å². The van der Waals surface area contributed by atoms with E-state index in [-0.39, 0.29) is 6.04 Å². The second-order valence-corrected chi connectivity index (χ2v) is 5.96. The maximum Gasteiger partial charge on any atom is 0.322 e. The van der Waals surface area contributed by atoms with Gasteiger partial charge in [0.25, 0.3) is 0 Å². The summed E-state index contributed by atoms with van der Waals surface area (Å²) in [5.74, 6) is 0. The molecule has 2 amide bonds.